The Hall–Kier alpha value is -1.78. The van der Waals surface area contributed by atoms with Gasteiger partial charge in [0.05, 0.1) is 0 Å². The standard InChI is InChI=1S/C15H25N3O2/c1-5-18-9-8-14(19)13(10-18)17-15(20)16-12(4)7-6-11(2)3/h8-12H,5-7H2,1-4H3,(H2,16,17,20)/t12-/m0/s1. The van der Waals surface area contributed by atoms with E-state index >= 15 is 0 Å². The fraction of sp³-hybridized carbons (Fsp3) is 0.600. The van der Waals surface area contributed by atoms with Crippen LogP contribution in [0, 0.1) is 5.92 Å². The monoisotopic (exact) mass is 279 g/mol. The predicted octanol–water partition coefficient (Wildman–Crippen LogP) is 2.81. The zero-order chi connectivity index (χ0) is 15.1. The van der Waals surface area contributed by atoms with Gasteiger partial charge in [0.15, 0.2) is 0 Å². The number of anilines is 1. The highest BCUT2D eigenvalue weighted by molar-refractivity contribution is 5.89. The molecule has 0 bridgehead atoms. The van der Waals surface area contributed by atoms with Crippen molar-refractivity contribution in [3.05, 3.63) is 28.7 Å². The molecule has 0 radical (unpaired) electrons. The van der Waals surface area contributed by atoms with E-state index < -0.39 is 0 Å². The van der Waals surface area contributed by atoms with Gasteiger partial charge in [-0.05, 0) is 32.6 Å². The van der Waals surface area contributed by atoms with Crippen LogP contribution in [0.5, 0.6) is 0 Å². The molecule has 112 valence electrons. The van der Waals surface area contributed by atoms with Gasteiger partial charge in [-0.2, -0.15) is 0 Å². The number of carbonyl (C=O) groups excluding carboxylic acids is 1. The summed E-state index contributed by atoms with van der Waals surface area (Å²) in [6, 6.07) is 1.23. The predicted molar refractivity (Wildman–Crippen MR) is 82.1 cm³/mol. The second-order valence-corrected chi connectivity index (χ2v) is 5.52. The van der Waals surface area contributed by atoms with Crippen molar-refractivity contribution in [2.24, 2.45) is 5.92 Å². The van der Waals surface area contributed by atoms with Crippen LogP contribution < -0.4 is 16.1 Å². The van der Waals surface area contributed by atoms with Crippen molar-refractivity contribution in [3.63, 3.8) is 0 Å². The lowest BCUT2D eigenvalue weighted by molar-refractivity contribution is 0.248. The van der Waals surface area contributed by atoms with Crippen molar-refractivity contribution in [2.75, 3.05) is 5.32 Å². The van der Waals surface area contributed by atoms with Crippen LogP contribution in [0.3, 0.4) is 0 Å². The lowest BCUT2D eigenvalue weighted by Gasteiger charge is -2.15. The topological polar surface area (TPSA) is 63.1 Å². The number of aryl methyl sites for hydroxylation is 1. The minimum Gasteiger partial charge on any atom is -0.352 e. The number of rotatable bonds is 6. The van der Waals surface area contributed by atoms with Gasteiger partial charge in [0, 0.05) is 31.0 Å². The first-order chi connectivity index (χ1) is 9.42. The maximum absolute atomic E-state index is 11.8. The highest BCUT2D eigenvalue weighted by atomic mass is 16.2. The van der Waals surface area contributed by atoms with Gasteiger partial charge < -0.3 is 15.2 Å². The highest BCUT2D eigenvalue weighted by Gasteiger charge is 2.09. The molecule has 1 rings (SSSR count). The number of aromatic nitrogens is 1. The van der Waals surface area contributed by atoms with Crippen LogP contribution in [0.15, 0.2) is 23.3 Å². The van der Waals surface area contributed by atoms with Gasteiger partial charge in [-0.3, -0.25) is 4.79 Å². The number of carbonyl (C=O) groups is 1. The summed E-state index contributed by atoms with van der Waals surface area (Å²) in [7, 11) is 0. The molecule has 1 heterocycles. The van der Waals surface area contributed by atoms with Gasteiger partial charge in [0.25, 0.3) is 0 Å². The summed E-state index contributed by atoms with van der Waals surface area (Å²) in [5.41, 5.74) is 0.127. The van der Waals surface area contributed by atoms with E-state index in [0.717, 1.165) is 19.4 Å². The molecule has 0 unspecified atom stereocenters. The number of pyridine rings is 1. The molecule has 0 aliphatic carbocycles. The largest absolute Gasteiger partial charge is 0.352 e. The number of hydrogen-bond acceptors (Lipinski definition) is 2. The molecular weight excluding hydrogens is 254 g/mol. The quantitative estimate of drug-likeness (QED) is 0.841. The molecule has 0 fully saturated rings. The van der Waals surface area contributed by atoms with Crippen LogP contribution in [0.2, 0.25) is 0 Å². The number of nitrogens with one attached hydrogen (secondary N) is 2. The van der Waals surface area contributed by atoms with Crippen LogP contribution >= 0.6 is 0 Å². The zero-order valence-electron chi connectivity index (χ0n) is 12.8. The summed E-state index contributed by atoms with van der Waals surface area (Å²) < 4.78 is 1.85. The first-order valence-corrected chi connectivity index (χ1v) is 7.20. The van der Waals surface area contributed by atoms with Crippen molar-refractivity contribution in [2.45, 2.75) is 53.1 Å². The van der Waals surface area contributed by atoms with E-state index in [2.05, 4.69) is 24.5 Å². The molecule has 2 N–H and O–H groups in total. The molecule has 0 saturated carbocycles. The lowest BCUT2D eigenvalue weighted by atomic mass is 10.0. The molecule has 0 aliphatic rings. The van der Waals surface area contributed by atoms with Crippen molar-refractivity contribution < 1.29 is 4.79 Å². The SMILES string of the molecule is CCn1ccc(=O)c(NC(=O)N[C@@H](C)CCC(C)C)c1. The Kier molecular flexibility index (Phi) is 6.28. The van der Waals surface area contributed by atoms with E-state index in [-0.39, 0.29) is 17.5 Å². The molecule has 0 aliphatic heterocycles. The van der Waals surface area contributed by atoms with Crippen LogP contribution in [0.1, 0.15) is 40.5 Å². The molecule has 1 aromatic rings. The van der Waals surface area contributed by atoms with Gasteiger partial charge in [-0.15, -0.1) is 0 Å². The molecule has 0 aromatic carbocycles. The first-order valence-electron chi connectivity index (χ1n) is 7.20. The van der Waals surface area contributed by atoms with E-state index in [0.29, 0.717) is 11.6 Å². The fourth-order valence-corrected chi connectivity index (χ4v) is 1.85. The Bertz CT molecular complexity index is 494. The Labute approximate surface area is 120 Å². The summed E-state index contributed by atoms with van der Waals surface area (Å²) >= 11 is 0. The molecule has 0 saturated heterocycles. The fourth-order valence-electron chi connectivity index (χ4n) is 1.85. The second kappa shape index (κ2) is 7.72. The molecule has 5 heteroatoms. The summed E-state index contributed by atoms with van der Waals surface area (Å²) in [6.07, 6.45) is 5.35. The zero-order valence-corrected chi connectivity index (χ0v) is 12.8. The maximum Gasteiger partial charge on any atom is 0.319 e. The minimum atomic E-state index is -0.327. The lowest BCUT2D eigenvalue weighted by Crippen LogP contribution is -2.37. The molecular formula is C15H25N3O2. The Morgan fingerprint density at radius 2 is 2.00 bits per heavy atom. The minimum absolute atomic E-state index is 0.0921. The third kappa shape index (κ3) is 5.47. The molecule has 0 spiro atoms. The molecule has 1 aromatic heterocycles. The third-order valence-corrected chi connectivity index (χ3v) is 3.15. The van der Waals surface area contributed by atoms with Gasteiger partial charge in [0.2, 0.25) is 5.43 Å². The van der Waals surface area contributed by atoms with Crippen LogP contribution in [-0.2, 0) is 6.54 Å². The summed E-state index contributed by atoms with van der Waals surface area (Å²) in [5, 5.41) is 5.47. The van der Waals surface area contributed by atoms with E-state index in [4.69, 9.17) is 0 Å². The van der Waals surface area contributed by atoms with Gasteiger partial charge in [-0.1, -0.05) is 13.8 Å². The normalized spacial score (nSPS) is 12.2. The van der Waals surface area contributed by atoms with Crippen molar-refractivity contribution >= 4 is 11.7 Å². The Morgan fingerprint density at radius 1 is 1.30 bits per heavy atom. The van der Waals surface area contributed by atoms with Crippen LogP contribution in [-0.4, -0.2) is 16.6 Å². The number of urea groups is 1. The number of amides is 2. The van der Waals surface area contributed by atoms with Gasteiger partial charge in [0.1, 0.15) is 5.69 Å². The van der Waals surface area contributed by atoms with Gasteiger partial charge in [-0.25, -0.2) is 4.79 Å². The van der Waals surface area contributed by atoms with E-state index in [9.17, 15) is 9.59 Å². The van der Waals surface area contributed by atoms with E-state index in [1.165, 1.54) is 6.07 Å². The molecule has 20 heavy (non-hydrogen) atoms. The average molecular weight is 279 g/mol. The summed E-state index contributed by atoms with van der Waals surface area (Å²) in [6.45, 7) is 9.01. The first kappa shape index (κ1) is 16.3. The number of nitrogens with zero attached hydrogens (tertiary/aromatic N) is 1. The smallest absolute Gasteiger partial charge is 0.319 e. The van der Waals surface area contributed by atoms with Crippen LogP contribution in [0.4, 0.5) is 10.5 Å². The van der Waals surface area contributed by atoms with Crippen molar-refractivity contribution in [1.29, 1.82) is 0 Å². The second-order valence-electron chi connectivity index (χ2n) is 5.52. The third-order valence-electron chi connectivity index (χ3n) is 3.15. The van der Waals surface area contributed by atoms with E-state index in [1.807, 2.05) is 18.4 Å². The number of hydrogen-bond donors (Lipinski definition) is 2. The Morgan fingerprint density at radius 3 is 2.60 bits per heavy atom. The average Bonchev–Trinajstić information content (AvgIpc) is 2.39. The molecule has 1 atom stereocenters. The highest BCUT2D eigenvalue weighted by Crippen LogP contribution is 2.06. The van der Waals surface area contributed by atoms with Crippen LogP contribution in [0.25, 0.3) is 0 Å². The Balaban J connectivity index is 2.56. The van der Waals surface area contributed by atoms with Crippen molar-refractivity contribution in [3.8, 4) is 0 Å². The molecule has 2 amide bonds. The summed E-state index contributed by atoms with van der Waals surface area (Å²) in [4.78, 5) is 23.5. The van der Waals surface area contributed by atoms with Gasteiger partial charge >= 0.3 is 6.03 Å². The summed E-state index contributed by atoms with van der Waals surface area (Å²) in [5.74, 6) is 0.619. The van der Waals surface area contributed by atoms with Crippen molar-refractivity contribution in [1.82, 2.24) is 9.88 Å². The molecule has 5 nitrogen and oxygen atoms in total. The van der Waals surface area contributed by atoms with E-state index in [1.54, 1.807) is 12.4 Å². The maximum atomic E-state index is 11.8.